The first-order valence-electron chi connectivity index (χ1n) is 21.3. The van der Waals surface area contributed by atoms with Crippen molar-refractivity contribution >= 4 is 41.1 Å². The molecule has 2 heterocycles. The maximum atomic E-state index is 15.0. The summed E-state index contributed by atoms with van der Waals surface area (Å²) in [5.74, 6) is -2.03. The van der Waals surface area contributed by atoms with Crippen molar-refractivity contribution in [2.45, 2.75) is 162 Å². The molecule has 0 aromatic rings. The highest BCUT2D eigenvalue weighted by Gasteiger charge is 2.63. The number of ketones is 3. The fraction of sp³-hybridized carbons (Fsp3) is 0.795. The lowest BCUT2D eigenvalue weighted by molar-refractivity contribution is -0.153. The van der Waals surface area contributed by atoms with Gasteiger partial charge in [-0.1, -0.05) is 72.8 Å². The number of nitrogens with zero attached hydrogens (tertiary/aromatic N) is 2. The SMILES string of the molecule is C=CCCC(=O)C(=O)C(CC(=O)[C@@H]1[C@H]2CCC3(CC3)[C@H]2CN1C(=O)[C@@H](NC(=O)N[C@H](CN1C(=O)CC(C)(C)CC1=O)C(C)(C)C)C1CCCCC1)CC1CC1. The fourth-order valence-corrected chi connectivity index (χ4v) is 10.5. The zero-order valence-corrected chi connectivity index (χ0v) is 34.1. The topological polar surface area (TPSA) is 150 Å². The lowest BCUT2D eigenvalue weighted by Gasteiger charge is -2.40. The highest BCUT2D eigenvalue weighted by atomic mass is 16.2. The first-order valence-corrected chi connectivity index (χ1v) is 21.3. The molecule has 0 bridgehead atoms. The Morgan fingerprint density at radius 3 is 2.15 bits per heavy atom. The average Bonchev–Trinajstić information content (AvgIpc) is 4.03. The van der Waals surface area contributed by atoms with Crippen LogP contribution in [0.2, 0.25) is 0 Å². The van der Waals surface area contributed by atoms with Gasteiger partial charge in [0.1, 0.15) is 6.04 Å². The Hall–Kier alpha value is -3.37. The van der Waals surface area contributed by atoms with Crippen molar-refractivity contribution in [3.05, 3.63) is 12.7 Å². The van der Waals surface area contributed by atoms with E-state index in [1.54, 1.807) is 11.0 Å². The number of allylic oxidation sites excluding steroid dienone is 1. The third-order valence-corrected chi connectivity index (χ3v) is 14.2. The van der Waals surface area contributed by atoms with Gasteiger partial charge >= 0.3 is 6.03 Å². The number of carbonyl (C=O) groups excluding carboxylic acids is 7. The van der Waals surface area contributed by atoms with Crippen LogP contribution in [0.4, 0.5) is 4.79 Å². The second-order valence-electron chi connectivity index (χ2n) is 20.1. The van der Waals surface area contributed by atoms with Gasteiger partial charge in [-0.2, -0.15) is 0 Å². The van der Waals surface area contributed by atoms with Gasteiger partial charge in [-0.25, -0.2) is 4.79 Å². The molecule has 304 valence electrons. The summed E-state index contributed by atoms with van der Waals surface area (Å²) in [6, 6.07) is -2.65. The molecule has 6 rings (SSSR count). The van der Waals surface area contributed by atoms with Crippen molar-refractivity contribution in [1.82, 2.24) is 20.4 Å². The summed E-state index contributed by atoms with van der Waals surface area (Å²) in [6.45, 7) is 13.8. The van der Waals surface area contributed by atoms with Gasteiger partial charge in [0.2, 0.25) is 23.5 Å². The number of fused-ring (bicyclic) bond motifs is 2. The lowest BCUT2D eigenvalue weighted by Crippen LogP contribution is -2.61. The van der Waals surface area contributed by atoms with Gasteiger partial charge in [-0.15, -0.1) is 6.58 Å². The molecule has 0 aromatic heterocycles. The minimum absolute atomic E-state index is 0.00259. The van der Waals surface area contributed by atoms with E-state index in [0.717, 1.165) is 70.6 Å². The Bertz CT molecular complexity index is 1530. The van der Waals surface area contributed by atoms with Crippen molar-refractivity contribution in [3.8, 4) is 0 Å². The molecule has 1 spiro atoms. The van der Waals surface area contributed by atoms with Crippen LogP contribution in [0.25, 0.3) is 0 Å². The van der Waals surface area contributed by atoms with Gasteiger partial charge in [-0.3, -0.25) is 33.7 Å². The molecule has 6 atom stereocenters. The van der Waals surface area contributed by atoms with E-state index in [2.05, 4.69) is 17.2 Å². The molecule has 4 aliphatic carbocycles. The van der Waals surface area contributed by atoms with Gasteiger partial charge in [-0.05, 0) is 91.3 Å². The van der Waals surface area contributed by atoms with E-state index in [1.165, 1.54) is 4.90 Å². The van der Waals surface area contributed by atoms with Crippen LogP contribution in [0.1, 0.15) is 144 Å². The Morgan fingerprint density at radius 2 is 1.56 bits per heavy atom. The van der Waals surface area contributed by atoms with Crippen LogP contribution in [0, 0.1) is 45.8 Å². The highest BCUT2D eigenvalue weighted by Crippen LogP contribution is 2.66. The van der Waals surface area contributed by atoms with Gasteiger partial charge in [0.15, 0.2) is 11.6 Å². The molecule has 55 heavy (non-hydrogen) atoms. The molecule has 2 saturated heterocycles. The number of carbonyl (C=O) groups is 7. The van der Waals surface area contributed by atoms with Gasteiger partial charge in [0.05, 0.1) is 12.1 Å². The van der Waals surface area contributed by atoms with Crippen LogP contribution in [0.15, 0.2) is 12.7 Å². The summed E-state index contributed by atoms with van der Waals surface area (Å²) in [4.78, 5) is 99.4. The lowest BCUT2D eigenvalue weighted by atomic mass is 9.80. The molecule has 1 unspecified atom stereocenters. The van der Waals surface area contributed by atoms with Gasteiger partial charge in [0.25, 0.3) is 0 Å². The number of rotatable bonds is 16. The van der Waals surface area contributed by atoms with Crippen LogP contribution >= 0.6 is 0 Å². The van der Waals surface area contributed by atoms with E-state index in [9.17, 15) is 28.8 Å². The summed E-state index contributed by atoms with van der Waals surface area (Å²) in [5, 5.41) is 6.14. The molecular weight excluding hydrogens is 697 g/mol. The number of hydrogen-bond donors (Lipinski definition) is 2. The molecule has 6 aliphatic rings. The molecule has 6 fully saturated rings. The third-order valence-electron chi connectivity index (χ3n) is 14.2. The number of piperidine rings is 1. The van der Waals surface area contributed by atoms with Gasteiger partial charge < -0.3 is 15.5 Å². The number of likely N-dealkylation sites (tertiary alicyclic amines) is 2. The largest absolute Gasteiger partial charge is 0.333 e. The second kappa shape index (κ2) is 16.2. The maximum absolute atomic E-state index is 15.0. The predicted molar refractivity (Wildman–Crippen MR) is 208 cm³/mol. The molecule has 0 radical (unpaired) electrons. The van der Waals surface area contributed by atoms with E-state index in [-0.39, 0.29) is 78.9 Å². The molecule has 11 nitrogen and oxygen atoms in total. The molecule has 11 heteroatoms. The minimum atomic E-state index is -0.853. The molecule has 4 saturated carbocycles. The van der Waals surface area contributed by atoms with Crippen LogP contribution in [0.5, 0.6) is 0 Å². The van der Waals surface area contributed by atoms with E-state index in [1.807, 2.05) is 34.6 Å². The zero-order chi connectivity index (χ0) is 39.9. The molecule has 0 aromatic carbocycles. The van der Waals surface area contributed by atoms with E-state index >= 15 is 4.79 Å². The molecular formula is C44H66N4O7. The summed E-state index contributed by atoms with van der Waals surface area (Å²) >= 11 is 0. The average molecular weight is 763 g/mol. The number of Topliss-reactive ketones (excluding diaryl/α,β-unsaturated/α-hetero) is 3. The summed E-state index contributed by atoms with van der Waals surface area (Å²) < 4.78 is 0. The van der Waals surface area contributed by atoms with Crippen molar-refractivity contribution in [2.24, 2.45) is 45.8 Å². The van der Waals surface area contributed by atoms with E-state index in [0.29, 0.717) is 25.3 Å². The van der Waals surface area contributed by atoms with Gasteiger partial charge in [0, 0.05) is 44.7 Å². The zero-order valence-electron chi connectivity index (χ0n) is 34.1. The smallest absolute Gasteiger partial charge is 0.315 e. The third kappa shape index (κ3) is 9.44. The van der Waals surface area contributed by atoms with Crippen molar-refractivity contribution < 1.29 is 33.6 Å². The number of hydrogen-bond acceptors (Lipinski definition) is 7. The minimum Gasteiger partial charge on any atom is -0.333 e. The first kappa shape index (κ1) is 41.3. The summed E-state index contributed by atoms with van der Waals surface area (Å²) in [7, 11) is 0. The van der Waals surface area contributed by atoms with Crippen molar-refractivity contribution in [2.75, 3.05) is 13.1 Å². The highest BCUT2D eigenvalue weighted by molar-refractivity contribution is 6.38. The Kier molecular flexibility index (Phi) is 12.2. The summed E-state index contributed by atoms with van der Waals surface area (Å²) in [5.41, 5.74) is -0.770. The Balaban J connectivity index is 1.22. The van der Waals surface area contributed by atoms with Crippen molar-refractivity contribution in [1.29, 1.82) is 0 Å². The number of amides is 5. The fourth-order valence-electron chi connectivity index (χ4n) is 10.5. The summed E-state index contributed by atoms with van der Waals surface area (Å²) in [6.07, 6.45) is 13.7. The Labute approximate surface area is 327 Å². The van der Waals surface area contributed by atoms with Crippen LogP contribution < -0.4 is 10.6 Å². The van der Waals surface area contributed by atoms with E-state index in [4.69, 9.17) is 0 Å². The van der Waals surface area contributed by atoms with E-state index < -0.39 is 52.5 Å². The maximum Gasteiger partial charge on any atom is 0.315 e. The standard InChI is InChI=1S/C44H66N4O7/c1-7-8-14-32(49)39(53)29(21-27-15-16-27)22-33(50)38-30-17-18-44(19-20-44)31(30)25-48(38)40(54)37(28-12-10-9-11-13-28)46-41(55)45-34(42(2,3)4)26-47-35(51)23-43(5,6)24-36(47)52/h7,27-31,34,37-38H,1,8-26H2,2-6H3,(H2,45,46,55)/t29?,30-,31-,34+,37-,38-/m0/s1. The van der Waals surface area contributed by atoms with Crippen LogP contribution in [-0.4, -0.2) is 82.1 Å². The Morgan fingerprint density at radius 1 is 0.909 bits per heavy atom. The second-order valence-corrected chi connectivity index (χ2v) is 20.1. The monoisotopic (exact) mass is 762 g/mol. The quantitative estimate of drug-likeness (QED) is 0.106. The van der Waals surface area contributed by atoms with Crippen molar-refractivity contribution in [3.63, 3.8) is 0 Å². The van der Waals surface area contributed by atoms with Crippen LogP contribution in [-0.2, 0) is 28.8 Å². The number of urea groups is 1. The normalized spacial score (nSPS) is 27.6. The number of imide groups is 1. The molecule has 5 amide bonds. The predicted octanol–water partition coefficient (Wildman–Crippen LogP) is 6.32. The van der Waals surface area contributed by atoms with Crippen LogP contribution in [0.3, 0.4) is 0 Å². The number of nitrogens with one attached hydrogen (secondary N) is 2. The molecule has 2 N–H and O–H groups in total. The molecule has 2 aliphatic heterocycles. The first-order chi connectivity index (χ1) is 25.9.